The van der Waals surface area contributed by atoms with Gasteiger partial charge in [-0.3, -0.25) is 0 Å². The van der Waals surface area contributed by atoms with Gasteiger partial charge in [-0.2, -0.15) is 0 Å². The van der Waals surface area contributed by atoms with Gasteiger partial charge in [0.25, 0.3) is 0 Å². The molecule has 0 bridgehead atoms. The van der Waals surface area contributed by atoms with Crippen molar-refractivity contribution in [3.63, 3.8) is 0 Å². The van der Waals surface area contributed by atoms with Crippen molar-refractivity contribution >= 4 is 17.3 Å². The smallest absolute Gasteiger partial charge is 0.349 e. The maximum Gasteiger partial charge on any atom is 0.349 e. The Morgan fingerprint density at radius 2 is 2.10 bits per heavy atom. The first kappa shape index (κ1) is 13.4. The Hall–Kier alpha value is -2.60. The van der Waals surface area contributed by atoms with E-state index >= 15 is 0 Å². The molecule has 0 saturated carbocycles. The van der Waals surface area contributed by atoms with Crippen LogP contribution in [0.4, 0.5) is 0 Å². The van der Waals surface area contributed by atoms with Gasteiger partial charge in [-0.25, -0.2) is 9.78 Å². The molecule has 0 aliphatic heterocycles. The number of hydrogen-bond acceptors (Lipinski definition) is 4. The predicted octanol–water partition coefficient (Wildman–Crippen LogP) is 3.21. The van der Waals surface area contributed by atoms with Crippen LogP contribution in [0.1, 0.15) is 15.2 Å². The van der Waals surface area contributed by atoms with E-state index in [9.17, 15) is 4.79 Å². The number of carboxylic acid groups (broad SMARTS) is 1. The molecule has 0 atom stereocenters. The number of imidazole rings is 1. The third-order valence-electron chi connectivity index (χ3n) is 2.96. The lowest BCUT2D eigenvalue weighted by Crippen LogP contribution is -2.00. The molecule has 106 valence electrons. The maximum atomic E-state index is 11.0. The molecule has 21 heavy (non-hydrogen) atoms. The van der Waals surface area contributed by atoms with E-state index in [0.717, 1.165) is 22.6 Å². The van der Waals surface area contributed by atoms with Gasteiger partial charge >= 0.3 is 5.97 Å². The highest BCUT2D eigenvalue weighted by Crippen LogP contribution is 2.25. The van der Waals surface area contributed by atoms with Crippen LogP contribution < -0.4 is 4.74 Å². The highest BCUT2D eigenvalue weighted by molar-refractivity contribution is 7.12. The number of rotatable bonds is 5. The minimum absolute atomic E-state index is 0.227. The first-order valence-electron chi connectivity index (χ1n) is 6.25. The second-order valence-electron chi connectivity index (χ2n) is 4.34. The van der Waals surface area contributed by atoms with E-state index in [4.69, 9.17) is 9.84 Å². The van der Waals surface area contributed by atoms with Gasteiger partial charge in [0.15, 0.2) is 4.88 Å². The fourth-order valence-electron chi connectivity index (χ4n) is 1.90. The third kappa shape index (κ3) is 2.95. The summed E-state index contributed by atoms with van der Waals surface area (Å²) in [6.45, 7) is 0.335. The summed E-state index contributed by atoms with van der Waals surface area (Å²) < 4.78 is 7.47. The topological polar surface area (TPSA) is 64.3 Å². The van der Waals surface area contributed by atoms with Crippen molar-refractivity contribution in [2.24, 2.45) is 0 Å². The summed E-state index contributed by atoms with van der Waals surface area (Å²) in [6.07, 6.45) is 5.33. The summed E-state index contributed by atoms with van der Waals surface area (Å²) >= 11 is 1.16. The van der Waals surface area contributed by atoms with Crippen molar-refractivity contribution in [3.05, 3.63) is 64.9 Å². The number of aromatic nitrogens is 2. The average molecular weight is 300 g/mol. The summed E-state index contributed by atoms with van der Waals surface area (Å²) in [4.78, 5) is 15.2. The Morgan fingerprint density at radius 3 is 2.76 bits per heavy atom. The van der Waals surface area contributed by atoms with Crippen LogP contribution in [0.3, 0.4) is 0 Å². The van der Waals surface area contributed by atoms with E-state index in [-0.39, 0.29) is 4.88 Å². The van der Waals surface area contributed by atoms with Crippen LogP contribution in [0.15, 0.2) is 54.4 Å². The first-order chi connectivity index (χ1) is 10.2. The van der Waals surface area contributed by atoms with Crippen LogP contribution in [-0.2, 0) is 6.61 Å². The molecule has 3 rings (SSSR count). The number of thiophene rings is 1. The van der Waals surface area contributed by atoms with Gasteiger partial charge in [-0.05, 0) is 29.1 Å². The molecule has 2 aromatic heterocycles. The zero-order valence-corrected chi connectivity index (χ0v) is 11.8. The van der Waals surface area contributed by atoms with Gasteiger partial charge in [0.2, 0.25) is 0 Å². The van der Waals surface area contributed by atoms with Gasteiger partial charge < -0.3 is 14.4 Å². The van der Waals surface area contributed by atoms with E-state index in [1.165, 1.54) is 0 Å². The molecule has 0 saturated heterocycles. The molecule has 0 aliphatic carbocycles. The highest BCUT2D eigenvalue weighted by Gasteiger charge is 2.12. The molecule has 2 heterocycles. The summed E-state index contributed by atoms with van der Waals surface area (Å²) in [6, 6.07) is 9.50. The predicted molar refractivity (Wildman–Crippen MR) is 79.2 cm³/mol. The number of ether oxygens (including phenoxy) is 1. The molecule has 0 amide bonds. The quantitative estimate of drug-likeness (QED) is 0.786. The summed E-state index contributed by atoms with van der Waals surface area (Å²) in [5.41, 5.74) is 1.99. The highest BCUT2D eigenvalue weighted by atomic mass is 32.1. The molecule has 0 unspecified atom stereocenters. The van der Waals surface area contributed by atoms with Crippen molar-refractivity contribution < 1.29 is 14.6 Å². The monoisotopic (exact) mass is 300 g/mol. The van der Waals surface area contributed by atoms with Gasteiger partial charge in [0.1, 0.15) is 12.4 Å². The van der Waals surface area contributed by atoms with Crippen molar-refractivity contribution in [2.75, 3.05) is 0 Å². The van der Waals surface area contributed by atoms with E-state index in [1.54, 1.807) is 24.0 Å². The fourth-order valence-corrected chi connectivity index (χ4v) is 2.58. The minimum Gasteiger partial charge on any atom is -0.487 e. The zero-order chi connectivity index (χ0) is 14.7. The molecule has 0 radical (unpaired) electrons. The Morgan fingerprint density at radius 1 is 1.29 bits per heavy atom. The number of hydrogen-bond donors (Lipinski definition) is 1. The van der Waals surface area contributed by atoms with Gasteiger partial charge in [-0.15, -0.1) is 11.3 Å². The second-order valence-corrected chi connectivity index (χ2v) is 5.26. The molecular weight excluding hydrogens is 288 g/mol. The largest absolute Gasteiger partial charge is 0.487 e. The van der Waals surface area contributed by atoms with E-state index in [0.29, 0.717) is 12.4 Å². The average Bonchev–Trinajstić information content (AvgIpc) is 3.17. The van der Waals surface area contributed by atoms with Crippen LogP contribution >= 0.6 is 11.3 Å². The normalized spacial score (nSPS) is 10.5. The Bertz CT molecular complexity index is 733. The number of carbonyl (C=O) groups is 1. The minimum atomic E-state index is -0.963. The lowest BCUT2D eigenvalue weighted by molar-refractivity contribution is 0.0697. The maximum absolute atomic E-state index is 11.0. The van der Waals surface area contributed by atoms with E-state index < -0.39 is 5.97 Å². The Balaban J connectivity index is 1.68. The van der Waals surface area contributed by atoms with Gasteiger partial charge in [0, 0.05) is 18.1 Å². The van der Waals surface area contributed by atoms with Crippen LogP contribution in [0.2, 0.25) is 0 Å². The molecule has 6 heteroatoms. The summed E-state index contributed by atoms with van der Waals surface area (Å²) in [5, 5.41) is 10.7. The van der Waals surface area contributed by atoms with Crippen molar-refractivity contribution in [1.82, 2.24) is 9.55 Å². The molecule has 5 nitrogen and oxygen atoms in total. The van der Waals surface area contributed by atoms with Crippen LogP contribution in [0, 0.1) is 0 Å². The van der Waals surface area contributed by atoms with Crippen molar-refractivity contribution in [3.8, 4) is 11.4 Å². The summed E-state index contributed by atoms with van der Waals surface area (Å²) in [7, 11) is 0. The molecular formula is C15H12N2O3S. The van der Waals surface area contributed by atoms with Crippen LogP contribution in [0.5, 0.6) is 5.75 Å². The number of benzene rings is 1. The van der Waals surface area contributed by atoms with Gasteiger partial charge in [0.05, 0.1) is 6.33 Å². The number of carboxylic acids is 1. The van der Waals surface area contributed by atoms with Crippen LogP contribution in [0.25, 0.3) is 5.69 Å². The second kappa shape index (κ2) is 5.80. The zero-order valence-electron chi connectivity index (χ0n) is 11.0. The number of nitrogens with zero attached hydrogens (tertiary/aromatic N) is 2. The lowest BCUT2D eigenvalue weighted by Gasteiger charge is -2.07. The fraction of sp³-hybridized carbons (Fsp3) is 0.0667. The standard InChI is InChI=1S/C15H12N2O3S/c18-15(19)14-13(5-8-21-14)20-9-11-1-3-12(4-2-11)17-7-6-16-10-17/h1-8,10H,9H2,(H,18,19). The van der Waals surface area contributed by atoms with E-state index in [1.807, 2.05) is 35.0 Å². The lowest BCUT2D eigenvalue weighted by atomic mass is 10.2. The Kier molecular flexibility index (Phi) is 3.70. The third-order valence-corrected chi connectivity index (χ3v) is 3.84. The molecule has 0 fully saturated rings. The van der Waals surface area contributed by atoms with Crippen molar-refractivity contribution in [2.45, 2.75) is 6.61 Å². The van der Waals surface area contributed by atoms with Gasteiger partial charge in [-0.1, -0.05) is 12.1 Å². The molecule has 3 aromatic rings. The number of aromatic carboxylic acids is 1. The summed E-state index contributed by atoms with van der Waals surface area (Å²) in [5.74, 6) is -0.554. The molecule has 0 aliphatic rings. The molecule has 1 N–H and O–H groups in total. The first-order valence-corrected chi connectivity index (χ1v) is 7.13. The SMILES string of the molecule is O=C(O)c1sccc1OCc1ccc(-n2ccnc2)cc1. The molecule has 1 aromatic carbocycles. The van der Waals surface area contributed by atoms with Crippen molar-refractivity contribution in [1.29, 1.82) is 0 Å². The Labute approximate surface area is 125 Å². The molecule has 0 spiro atoms. The van der Waals surface area contributed by atoms with Crippen LogP contribution in [-0.4, -0.2) is 20.6 Å². The van der Waals surface area contributed by atoms with E-state index in [2.05, 4.69) is 4.98 Å².